The first-order valence-corrected chi connectivity index (χ1v) is 8.96. The molecule has 0 amide bonds. The summed E-state index contributed by atoms with van der Waals surface area (Å²) in [5.41, 5.74) is 3.08. The summed E-state index contributed by atoms with van der Waals surface area (Å²) in [5, 5.41) is 1.16. The predicted molar refractivity (Wildman–Crippen MR) is 108 cm³/mol. The van der Waals surface area contributed by atoms with Crippen LogP contribution in [0.15, 0.2) is 59.4 Å². The molecule has 27 heavy (non-hydrogen) atoms. The van der Waals surface area contributed by atoms with Gasteiger partial charge in [-0.3, -0.25) is 4.79 Å². The third-order valence-electron chi connectivity index (χ3n) is 4.29. The average Bonchev–Trinajstić information content (AvgIpc) is 3.01. The minimum Gasteiger partial charge on any atom is -0.490 e. The highest BCUT2D eigenvalue weighted by atomic mass is 35.5. The molecule has 0 aliphatic rings. The molecule has 0 spiro atoms. The van der Waals surface area contributed by atoms with E-state index in [4.69, 9.17) is 27.9 Å². The van der Waals surface area contributed by atoms with E-state index in [0.717, 1.165) is 16.9 Å². The molecule has 2 aromatic heterocycles. The normalized spacial score (nSPS) is 11.1. The van der Waals surface area contributed by atoms with Gasteiger partial charge in [-0.05, 0) is 37.3 Å². The van der Waals surface area contributed by atoms with Gasteiger partial charge in [0.15, 0.2) is 5.65 Å². The molecule has 2 aromatic carbocycles. The number of hydrogen-bond acceptors (Lipinski definition) is 3. The molecular formula is C20H15Cl2N3O2. The third-order valence-corrected chi connectivity index (χ3v) is 4.76. The molecule has 0 bridgehead atoms. The second-order valence-corrected chi connectivity index (χ2v) is 6.91. The summed E-state index contributed by atoms with van der Waals surface area (Å²) in [6.07, 6.45) is 0. The van der Waals surface area contributed by atoms with Crippen LogP contribution in [0.2, 0.25) is 10.0 Å². The van der Waals surface area contributed by atoms with Crippen molar-refractivity contribution >= 4 is 28.8 Å². The number of halogens is 2. The van der Waals surface area contributed by atoms with Crippen molar-refractivity contribution in [2.75, 3.05) is 7.11 Å². The minimum absolute atomic E-state index is 0.200. The van der Waals surface area contributed by atoms with E-state index in [1.54, 1.807) is 29.8 Å². The maximum atomic E-state index is 13.1. The Morgan fingerprint density at radius 3 is 2.37 bits per heavy atom. The first-order valence-electron chi connectivity index (χ1n) is 8.21. The van der Waals surface area contributed by atoms with Crippen LogP contribution in [0, 0.1) is 6.92 Å². The summed E-state index contributed by atoms with van der Waals surface area (Å²) in [7, 11) is 1.46. The number of aryl methyl sites for hydroxylation is 1. The second kappa shape index (κ2) is 6.76. The number of benzene rings is 2. The highest BCUT2D eigenvalue weighted by Crippen LogP contribution is 2.29. The van der Waals surface area contributed by atoms with E-state index in [9.17, 15) is 4.79 Å². The fourth-order valence-corrected chi connectivity index (χ4v) is 3.53. The van der Waals surface area contributed by atoms with E-state index in [2.05, 4.69) is 4.98 Å². The molecule has 0 radical (unpaired) electrons. The quantitative estimate of drug-likeness (QED) is 0.498. The number of hydrogen-bond donors (Lipinski definition) is 0. The number of methoxy groups -OCH3 is 1. The first-order chi connectivity index (χ1) is 13.0. The zero-order valence-electron chi connectivity index (χ0n) is 14.6. The molecule has 7 heteroatoms. The van der Waals surface area contributed by atoms with Crippen LogP contribution >= 0.6 is 23.2 Å². The third kappa shape index (κ3) is 2.99. The lowest BCUT2D eigenvalue weighted by atomic mass is 10.1. The second-order valence-electron chi connectivity index (χ2n) is 6.04. The molecule has 0 aliphatic heterocycles. The molecule has 4 rings (SSSR count). The molecule has 0 aliphatic carbocycles. The summed E-state index contributed by atoms with van der Waals surface area (Å²) < 4.78 is 8.52. The van der Waals surface area contributed by atoms with Crippen molar-refractivity contribution in [1.82, 2.24) is 14.2 Å². The summed E-state index contributed by atoms with van der Waals surface area (Å²) in [6, 6.07) is 16.5. The lowest BCUT2D eigenvalue weighted by molar-refractivity contribution is 0.399. The molecule has 136 valence electrons. The zero-order valence-corrected chi connectivity index (χ0v) is 16.1. The van der Waals surface area contributed by atoms with Crippen molar-refractivity contribution in [2.24, 2.45) is 0 Å². The van der Waals surface area contributed by atoms with E-state index < -0.39 is 0 Å². The van der Waals surface area contributed by atoms with Crippen molar-refractivity contribution in [1.29, 1.82) is 0 Å². The molecule has 0 atom stereocenters. The minimum atomic E-state index is -0.298. The Balaban J connectivity index is 2.16. The summed E-state index contributed by atoms with van der Waals surface area (Å²) in [4.78, 5) is 17.6. The molecule has 4 aromatic rings. The van der Waals surface area contributed by atoms with Gasteiger partial charge in [-0.25, -0.2) is 9.67 Å². The van der Waals surface area contributed by atoms with E-state index in [1.165, 1.54) is 11.6 Å². The van der Waals surface area contributed by atoms with Crippen LogP contribution in [0.4, 0.5) is 0 Å². The smallest absolute Gasteiger partial charge is 0.315 e. The summed E-state index contributed by atoms with van der Waals surface area (Å²) in [5.74, 6) is 0.200. The Kier molecular flexibility index (Phi) is 4.42. The number of ether oxygens (including phenoxy) is 1. The molecule has 0 saturated heterocycles. The Labute approximate surface area is 165 Å². The highest BCUT2D eigenvalue weighted by Gasteiger charge is 2.19. The highest BCUT2D eigenvalue weighted by molar-refractivity contribution is 6.31. The van der Waals surface area contributed by atoms with Crippen molar-refractivity contribution < 1.29 is 4.74 Å². The van der Waals surface area contributed by atoms with Crippen molar-refractivity contribution in [3.8, 4) is 22.7 Å². The molecule has 5 nitrogen and oxygen atoms in total. The van der Waals surface area contributed by atoms with Crippen LogP contribution in [-0.2, 0) is 0 Å². The maximum absolute atomic E-state index is 13.1. The lowest BCUT2D eigenvalue weighted by Crippen LogP contribution is -2.23. The molecule has 0 saturated carbocycles. The van der Waals surface area contributed by atoms with Crippen LogP contribution in [0.25, 0.3) is 22.6 Å². The van der Waals surface area contributed by atoms with E-state index in [-0.39, 0.29) is 11.3 Å². The van der Waals surface area contributed by atoms with E-state index >= 15 is 0 Å². The van der Waals surface area contributed by atoms with E-state index in [1.807, 2.05) is 36.4 Å². The molecule has 0 fully saturated rings. The standard InChI is InChI=1S/C20H15Cl2N3O2/c1-12-19(27-2)20(26)25-18(23-12)11-17(13-5-3-6-14(21)9-13)24(25)16-8-4-7-15(22)10-16/h3-11H,1-2H3. The zero-order chi connectivity index (χ0) is 19.1. The Hall–Kier alpha value is -2.76. The van der Waals surface area contributed by atoms with Gasteiger partial charge in [0, 0.05) is 21.7 Å². The number of rotatable bonds is 3. The van der Waals surface area contributed by atoms with Crippen molar-refractivity contribution in [2.45, 2.75) is 6.92 Å². The average molecular weight is 400 g/mol. The number of fused-ring (bicyclic) bond motifs is 1. The lowest BCUT2D eigenvalue weighted by Gasteiger charge is -2.13. The molecule has 2 heterocycles. The summed E-state index contributed by atoms with van der Waals surface area (Å²) >= 11 is 12.4. The van der Waals surface area contributed by atoms with Crippen LogP contribution in [0.5, 0.6) is 5.75 Å². The van der Waals surface area contributed by atoms with Gasteiger partial charge in [-0.2, -0.15) is 4.52 Å². The van der Waals surface area contributed by atoms with E-state index in [0.29, 0.717) is 21.4 Å². The maximum Gasteiger partial charge on any atom is 0.315 e. The predicted octanol–water partition coefficient (Wildman–Crippen LogP) is 4.78. The van der Waals surface area contributed by atoms with Crippen LogP contribution in [0.1, 0.15) is 5.69 Å². The van der Waals surface area contributed by atoms with Crippen molar-refractivity contribution in [3.63, 3.8) is 0 Å². The SMILES string of the molecule is COc1c(C)nc2cc(-c3cccc(Cl)c3)n(-c3cccc(Cl)c3)n2c1=O. The van der Waals surface area contributed by atoms with Gasteiger partial charge in [0.25, 0.3) is 0 Å². The van der Waals surface area contributed by atoms with Crippen LogP contribution in [0.3, 0.4) is 0 Å². The van der Waals surface area contributed by atoms with Gasteiger partial charge in [0.2, 0.25) is 5.75 Å². The Morgan fingerprint density at radius 2 is 1.70 bits per heavy atom. The van der Waals surface area contributed by atoms with Crippen LogP contribution < -0.4 is 10.3 Å². The van der Waals surface area contributed by atoms with Gasteiger partial charge in [0.1, 0.15) is 0 Å². The number of aromatic nitrogens is 3. The fraction of sp³-hybridized carbons (Fsp3) is 0.100. The summed E-state index contributed by atoms with van der Waals surface area (Å²) in [6.45, 7) is 1.75. The Bertz CT molecular complexity index is 1230. The Morgan fingerprint density at radius 1 is 1.00 bits per heavy atom. The largest absolute Gasteiger partial charge is 0.490 e. The number of nitrogens with zero attached hydrogens (tertiary/aromatic N) is 3. The van der Waals surface area contributed by atoms with Gasteiger partial charge in [-0.1, -0.05) is 41.4 Å². The van der Waals surface area contributed by atoms with Gasteiger partial charge in [0.05, 0.1) is 24.2 Å². The van der Waals surface area contributed by atoms with Gasteiger partial charge < -0.3 is 4.74 Å². The first kappa shape index (κ1) is 17.6. The molecular weight excluding hydrogens is 385 g/mol. The fourth-order valence-electron chi connectivity index (χ4n) is 3.15. The molecule has 0 unspecified atom stereocenters. The monoisotopic (exact) mass is 399 g/mol. The van der Waals surface area contributed by atoms with Crippen LogP contribution in [-0.4, -0.2) is 21.3 Å². The molecule has 0 N–H and O–H groups in total. The van der Waals surface area contributed by atoms with Crippen molar-refractivity contribution in [3.05, 3.63) is 80.7 Å². The van der Waals surface area contributed by atoms with Gasteiger partial charge in [-0.15, -0.1) is 0 Å². The van der Waals surface area contributed by atoms with Gasteiger partial charge >= 0.3 is 5.56 Å². The topological polar surface area (TPSA) is 48.5 Å².